The highest BCUT2D eigenvalue weighted by atomic mass is 35.5. The van der Waals surface area contributed by atoms with Gasteiger partial charge in [0.15, 0.2) is 0 Å². The van der Waals surface area contributed by atoms with E-state index in [0.29, 0.717) is 21.5 Å². The quantitative estimate of drug-likeness (QED) is 0.599. The minimum atomic E-state index is -0.598. The molecule has 2 aromatic heterocycles. The summed E-state index contributed by atoms with van der Waals surface area (Å²) in [5, 5.41) is 4.55. The van der Waals surface area contributed by atoms with Crippen molar-refractivity contribution in [3.05, 3.63) is 70.0 Å². The third-order valence-corrected chi connectivity index (χ3v) is 4.83. The van der Waals surface area contributed by atoms with Crippen LogP contribution in [-0.2, 0) is 0 Å². The summed E-state index contributed by atoms with van der Waals surface area (Å²) >= 11 is 8.11. The van der Waals surface area contributed by atoms with Gasteiger partial charge < -0.3 is 4.74 Å². The van der Waals surface area contributed by atoms with Crippen molar-refractivity contribution in [1.29, 1.82) is 0 Å². The number of ether oxygens (including phenoxy) is 1. The average molecular weight is 406 g/mol. The number of hydrogen-bond donors (Lipinski definition) is 2. The number of pyridine rings is 1. The molecule has 1 aromatic carbocycles. The number of thiophene rings is 1. The van der Waals surface area contributed by atoms with Gasteiger partial charge in [0.1, 0.15) is 5.75 Å². The summed E-state index contributed by atoms with van der Waals surface area (Å²) in [4.78, 5) is 28.9. The molecule has 0 aliphatic rings. The number of aromatic nitrogens is 1. The maximum Gasteiger partial charge on any atom is 0.331 e. The number of urea groups is 1. The van der Waals surface area contributed by atoms with Crippen LogP contribution in [0.3, 0.4) is 0 Å². The van der Waals surface area contributed by atoms with Crippen molar-refractivity contribution >= 4 is 46.8 Å². The van der Waals surface area contributed by atoms with Crippen molar-refractivity contribution in [2.75, 3.05) is 0 Å². The summed E-state index contributed by atoms with van der Waals surface area (Å²) in [6, 6.07) is 13.2. The zero-order valence-electron chi connectivity index (χ0n) is 13.1. The van der Waals surface area contributed by atoms with E-state index >= 15 is 0 Å². The molecule has 0 fully saturated rings. The van der Waals surface area contributed by atoms with Crippen LogP contribution in [0.15, 0.2) is 65.0 Å². The maximum atomic E-state index is 11.8. The van der Waals surface area contributed by atoms with Crippen LogP contribution in [0.4, 0.5) is 4.79 Å². The zero-order chi connectivity index (χ0) is 18.4. The predicted molar refractivity (Wildman–Crippen MR) is 102 cm³/mol. The molecule has 0 aliphatic heterocycles. The summed E-state index contributed by atoms with van der Waals surface area (Å²) in [5.41, 5.74) is 0. The fourth-order valence-electron chi connectivity index (χ4n) is 1.85. The molecular weight excluding hydrogens is 394 g/mol. The Kier molecular flexibility index (Phi) is 6.11. The predicted octanol–water partition coefficient (Wildman–Crippen LogP) is 4.74. The Morgan fingerprint density at radius 3 is 2.77 bits per heavy atom. The first-order valence-electron chi connectivity index (χ1n) is 7.31. The molecule has 6 nitrogen and oxygen atoms in total. The van der Waals surface area contributed by atoms with E-state index in [-0.39, 0.29) is 0 Å². The highest BCUT2D eigenvalue weighted by molar-refractivity contribution is 7.98. The smallest absolute Gasteiger partial charge is 0.331 e. The van der Waals surface area contributed by atoms with E-state index in [1.54, 1.807) is 53.9 Å². The van der Waals surface area contributed by atoms with Crippen LogP contribution in [0, 0.1) is 0 Å². The number of amides is 3. The largest absolute Gasteiger partial charge is 0.439 e. The number of nitrogens with one attached hydrogen (secondary N) is 2. The van der Waals surface area contributed by atoms with Crippen molar-refractivity contribution in [3.8, 4) is 11.6 Å². The molecule has 0 spiro atoms. The first-order chi connectivity index (χ1) is 12.6. The van der Waals surface area contributed by atoms with E-state index in [4.69, 9.17) is 16.3 Å². The summed E-state index contributed by atoms with van der Waals surface area (Å²) in [6.45, 7) is 0. The second-order valence-electron chi connectivity index (χ2n) is 4.86. The van der Waals surface area contributed by atoms with Gasteiger partial charge in [0.2, 0.25) is 5.88 Å². The van der Waals surface area contributed by atoms with Crippen LogP contribution in [0.5, 0.6) is 11.6 Å². The lowest BCUT2D eigenvalue weighted by molar-refractivity contribution is 0.0969. The van der Waals surface area contributed by atoms with Gasteiger partial charge in [-0.25, -0.2) is 9.78 Å². The fraction of sp³-hybridized carbons (Fsp3) is 0. The van der Waals surface area contributed by atoms with Crippen LogP contribution in [0.1, 0.15) is 9.67 Å². The second-order valence-corrected chi connectivity index (χ2v) is 7.12. The zero-order valence-corrected chi connectivity index (χ0v) is 15.5. The first kappa shape index (κ1) is 18.2. The van der Waals surface area contributed by atoms with Crippen molar-refractivity contribution in [2.24, 2.45) is 0 Å². The molecule has 0 atom stereocenters. The molecule has 0 bridgehead atoms. The molecular formula is C17H12ClN3O3S2. The van der Waals surface area contributed by atoms with Gasteiger partial charge in [0.25, 0.3) is 5.91 Å². The fourth-order valence-corrected chi connectivity index (χ4v) is 3.16. The van der Waals surface area contributed by atoms with Crippen molar-refractivity contribution in [2.45, 2.75) is 4.90 Å². The first-order valence-corrected chi connectivity index (χ1v) is 9.39. The Balaban J connectivity index is 1.54. The lowest BCUT2D eigenvalue weighted by atomic mass is 10.3. The van der Waals surface area contributed by atoms with Gasteiger partial charge in [-0.1, -0.05) is 23.7 Å². The molecule has 0 unspecified atom stereocenters. The van der Waals surface area contributed by atoms with Gasteiger partial charge in [0, 0.05) is 17.2 Å². The Morgan fingerprint density at radius 2 is 2.04 bits per heavy atom. The molecule has 2 heterocycles. The molecule has 0 aliphatic carbocycles. The molecule has 0 saturated heterocycles. The number of hydrogen-bond acceptors (Lipinski definition) is 6. The number of halogens is 1. The van der Waals surface area contributed by atoms with E-state index in [2.05, 4.69) is 15.0 Å². The van der Waals surface area contributed by atoms with Gasteiger partial charge >= 0.3 is 6.03 Å². The number of carbonyl (C=O) groups excluding carboxylic acids is 2. The molecule has 26 heavy (non-hydrogen) atoms. The van der Waals surface area contributed by atoms with Crippen LogP contribution in [-0.4, -0.2) is 16.9 Å². The lowest BCUT2D eigenvalue weighted by Gasteiger charge is -2.08. The van der Waals surface area contributed by atoms with Crippen LogP contribution < -0.4 is 14.8 Å². The van der Waals surface area contributed by atoms with Gasteiger partial charge in [-0.3, -0.25) is 14.8 Å². The van der Waals surface area contributed by atoms with E-state index in [1.807, 2.05) is 0 Å². The van der Waals surface area contributed by atoms with Gasteiger partial charge in [-0.15, -0.1) is 11.3 Å². The Hall–Kier alpha value is -2.55. The van der Waals surface area contributed by atoms with Gasteiger partial charge in [0.05, 0.1) is 9.90 Å². The third kappa shape index (κ3) is 5.22. The lowest BCUT2D eigenvalue weighted by Crippen LogP contribution is -2.35. The SMILES string of the molecule is O=C(NSc1cccc(Oc2ccc(Cl)cn2)c1)NC(=O)c1cccs1. The van der Waals surface area contributed by atoms with Crippen LogP contribution in [0.2, 0.25) is 5.02 Å². The van der Waals surface area contributed by atoms with E-state index in [0.717, 1.165) is 16.8 Å². The van der Waals surface area contributed by atoms with Crippen LogP contribution >= 0.6 is 34.9 Å². The molecule has 3 aromatic rings. The summed E-state index contributed by atoms with van der Waals surface area (Å²) in [7, 11) is 0. The summed E-state index contributed by atoms with van der Waals surface area (Å²) in [6.07, 6.45) is 1.49. The van der Waals surface area contributed by atoms with E-state index in [9.17, 15) is 9.59 Å². The van der Waals surface area contributed by atoms with Crippen molar-refractivity contribution in [1.82, 2.24) is 15.0 Å². The molecule has 2 N–H and O–H groups in total. The molecule has 9 heteroatoms. The normalized spacial score (nSPS) is 10.2. The molecule has 3 rings (SSSR count). The average Bonchev–Trinajstić information content (AvgIpc) is 3.17. The van der Waals surface area contributed by atoms with Crippen LogP contribution in [0.25, 0.3) is 0 Å². The highest BCUT2D eigenvalue weighted by Crippen LogP contribution is 2.25. The molecule has 3 amide bonds. The summed E-state index contributed by atoms with van der Waals surface area (Å²) in [5.74, 6) is 0.523. The van der Waals surface area contributed by atoms with Crippen molar-refractivity contribution in [3.63, 3.8) is 0 Å². The number of imide groups is 1. The van der Waals surface area contributed by atoms with Gasteiger partial charge in [-0.2, -0.15) is 0 Å². The Labute approximate surface area is 162 Å². The summed E-state index contributed by atoms with van der Waals surface area (Å²) < 4.78 is 8.18. The maximum absolute atomic E-state index is 11.8. The monoisotopic (exact) mass is 405 g/mol. The minimum absolute atomic E-state index is 0.406. The van der Waals surface area contributed by atoms with Crippen molar-refractivity contribution < 1.29 is 14.3 Å². The topological polar surface area (TPSA) is 80.3 Å². The Morgan fingerprint density at radius 1 is 1.15 bits per heavy atom. The molecule has 132 valence electrons. The van der Waals surface area contributed by atoms with E-state index < -0.39 is 11.9 Å². The number of nitrogens with zero attached hydrogens (tertiary/aromatic N) is 1. The molecule has 0 radical (unpaired) electrons. The standard InChI is InChI=1S/C17H12ClN3O3S2/c18-11-6-7-15(19-10-11)24-12-3-1-4-13(9-12)26-21-17(23)20-16(22)14-5-2-8-25-14/h1-10H,(H2,20,21,22,23). The number of rotatable bonds is 5. The second kappa shape index (κ2) is 8.70. The third-order valence-electron chi connectivity index (χ3n) is 2.96. The van der Waals surface area contributed by atoms with Gasteiger partial charge in [-0.05, 0) is 47.7 Å². The van der Waals surface area contributed by atoms with E-state index in [1.165, 1.54) is 17.5 Å². The minimum Gasteiger partial charge on any atom is -0.439 e. The highest BCUT2D eigenvalue weighted by Gasteiger charge is 2.11. The number of carbonyl (C=O) groups is 2. The molecule has 0 saturated carbocycles. The number of benzene rings is 1. The Bertz CT molecular complexity index is 902.